The Morgan fingerprint density at radius 2 is 2.25 bits per heavy atom. The van der Waals surface area contributed by atoms with Crippen LogP contribution in [0.1, 0.15) is 39.5 Å². The Balaban J connectivity index is 2.19. The molecule has 1 aliphatic heterocycles. The van der Waals surface area contributed by atoms with E-state index in [9.17, 15) is 0 Å². The maximum absolute atomic E-state index is 5.28. The van der Waals surface area contributed by atoms with Gasteiger partial charge in [-0.15, -0.1) is 0 Å². The molecule has 1 rings (SSSR count). The van der Waals surface area contributed by atoms with Crippen molar-refractivity contribution < 1.29 is 0 Å². The standard InChI is InChI=1S/C12H25N3S/c1-4-5-7-13-12(16)14-11-6-8-15(3)10(2)9-11/h10-11H,4-9H2,1-3H3,(H2,13,14,16). The van der Waals surface area contributed by atoms with Gasteiger partial charge < -0.3 is 15.5 Å². The Labute approximate surface area is 105 Å². The average Bonchev–Trinajstić information content (AvgIpc) is 2.24. The first-order chi connectivity index (χ1) is 7.63. The van der Waals surface area contributed by atoms with E-state index in [0.29, 0.717) is 12.1 Å². The van der Waals surface area contributed by atoms with Crippen molar-refractivity contribution in [3.8, 4) is 0 Å². The van der Waals surface area contributed by atoms with Crippen molar-refractivity contribution in [3.05, 3.63) is 0 Å². The lowest BCUT2D eigenvalue weighted by molar-refractivity contribution is 0.177. The number of thiocarbonyl (C=S) groups is 1. The van der Waals surface area contributed by atoms with Crippen molar-refractivity contribution >= 4 is 17.3 Å². The molecule has 0 aliphatic carbocycles. The van der Waals surface area contributed by atoms with E-state index >= 15 is 0 Å². The summed E-state index contributed by atoms with van der Waals surface area (Å²) in [5, 5.41) is 7.51. The Hall–Kier alpha value is -0.350. The molecule has 0 aromatic heterocycles. The van der Waals surface area contributed by atoms with Gasteiger partial charge in [0.15, 0.2) is 5.11 Å². The van der Waals surface area contributed by atoms with Gasteiger partial charge in [0.2, 0.25) is 0 Å². The molecule has 1 aliphatic rings. The quantitative estimate of drug-likeness (QED) is 0.581. The fourth-order valence-electron chi connectivity index (χ4n) is 2.04. The molecule has 1 heterocycles. The van der Waals surface area contributed by atoms with Crippen LogP contribution in [0.15, 0.2) is 0 Å². The van der Waals surface area contributed by atoms with Gasteiger partial charge in [-0.1, -0.05) is 13.3 Å². The lowest BCUT2D eigenvalue weighted by Crippen LogP contribution is -2.49. The zero-order chi connectivity index (χ0) is 12.0. The van der Waals surface area contributed by atoms with E-state index < -0.39 is 0 Å². The second kappa shape index (κ2) is 7.07. The van der Waals surface area contributed by atoms with Crippen LogP contribution in [0.25, 0.3) is 0 Å². The van der Waals surface area contributed by atoms with Crippen molar-refractivity contribution in [2.75, 3.05) is 20.1 Å². The van der Waals surface area contributed by atoms with Gasteiger partial charge in [0.05, 0.1) is 0 Å². The molecule has 0 radical (unpaired) electrons. The van der Waals surface area contributed by atoms with Crippen LogP contribution in [-0.4, -0.2) is 42.2 Å². The molecule has 16 heavy (non-hydrogen) atoms. The van der Waals surface area contributed by atoms with E-state index in [4.69, 9.17) is 12.2 Å². The normalized spacial score (nSPS) is 26.4. The predicted octanol–water partition coefficient (Wildman–Crippen LogP) is 1.73. The summed E-state index contributed by atoms with van der Waals surface area (Å²) in [6, 6.07) is 1.21. The van der Waals surface area contributed by atoms with Gasteiger partial charge in [-0.25, -0.2) is 0 Å². The minimum absolute atomic E-state index is 0.549. The number of piperidine rings is 1. The van der Waals surface area contributed by atoms with Gasteiger partial charge in [-0.2, -0.15) is 0 Å². The molecular formula is C12H25N3S. The molecule has 2 unspecified atom stereocenters. The van der Waals surface area contributed by atoms with Crippen LogP contribution in [0.3, 0.4) is 0 Å². The third kappa shape index (κ3) is 4.66. The van der Waals surface area contributed by atoms with E-state index in [1.54, 1.807) is 0 Å². The Kier molecular flexibility index (Phi) is 6.06. The van der Waals surface area contributed by atoms with Crippen LogP contribution in [0, 0.1) is 0 Å². The summed E-state index contributed by atoms with van der Waals surface area (Å²) in [5.41, 5.74) is 0. The fraction of sp³-hybridized carbons (Fsp3) is 0.917. The van der Waals surface area contributed by atoms with Crippen molar-refractivity contribution in [1.82, 2.24) is 15.5 Å². The van der Waals surface area contributed by atoms with Crippen LogP contribution in [0.4, 0.5) is 0 Å². The first-order valence-corrected chi connectivity index (χ1v) is 6.79. The van der Waals surface area contributed by atoms with Crippen LogP contribution in [0.2, 0.25) is 0 Å². The minimum atomic E-state index is 0.549. The molecule has 1 fully saturated rings. The van der Waals surface area contributed by atoms with Crippen LogP contribution in [-0.2, 0) is 0 Å². The SMILES string of the molecule is CCCCNC(=S)NC1CCN(C)C(C)C1. The van der Waals surface area contributed by atoms with Crippen LogP contribution >= 0.6 is 12.2 Å². The van der Waals surface area contributed by atoms with Gasteiger partial charge in [-0.3, -0.25) is 0 Å². The molecule has 0 aromatic rings. The Bertz CT molecular complexity index is 220. The van der Waals surface area contributed by atoms with E-state index in [2.05, 4.69) is 36.4 Å². The van der Waals surface area contributed by atoms with E-state index in [-0.39, 0.29) is 0 Å². The lowest BCUT2D eigenvalue weighted by atomic mass is 9.99. The minimum Gasteiger partial charge on any atom is -0.363 e. The highest BCUT2D eigenvalue weighted by atomic mass is 32.1. The number of nitrogens with one attached hydrogen (secondary N) is 2. The molecule has 0 aromatic carbocycles. The van der Waals surface area contributed by atoms with Gasteiger partial charge >= 0.3 is 0 Å². The van der Waals surface area contributed by atoms with Crippen LogP contribution in [0.5, 0.6) is 0 Å². The molecule has 2 N–H and O–H groups in total. The zero-order valence-corrected chi connectivity index (χ0v) is 11.6. The Morgan fingerprint density at radius 1 is 1.50 bits per heavy atom. The second-order valence-corrected chi connectivity index (χ2v) is 5.21. The van der Waals surface area contributed by atoms with Crippen molar-refractivity contribution in [2.24, 2.45) is 0 Å². The average molecular weight is 243 g/mol. The van der Waals surface area contributed by atoms with Gasteiger partial charge in [0, 0.05) is 25.2 Å². The highest BCUT2D eigenvalue weighted by Crippen LogP contribution is 2.14. The molecule has 1 saturated heterocycles. The topological polar surface area (TPSA) is 27.3 Å². The molecule has 0 spiro atoms. The van der Waals surface area contributed by atoms with E-state index in [0.717, 1.165) is 18.2 Å². The zero-order valence-electron chi connectivity index (χ0n) is 10.8. The highest BCUT2D eigenvalue weighted by molar-refractivity contribution is 7.80. The number of unbranched alkanes of at least 4 members (excludes halogenated alkanes) is 1. The third-order valence-corrected chi connectivity index (χ3v) is 3.62. The summed E-state index contributed by atoms with van der Waals surface area (Å²) in [5.74, 6) is 0. The second-order valence-electron chi connectivity index (χ2n) is 4.80. The first kappa shape index (κ1) is 13.7. The Morgan fingerprint density at radius 3 is 2.88 bits per heavy atom. The number of rotatable bonds is 4. The lowest BCUT2D eigenvalue weighted by Gasteiger charge is -2.35. The first-order valence-electron chi connectivity index (χ1n) is 6.38. The largest absolute Gasteiger partial charge is 0.363 e. The molecule has 0 bridgehead atoms. The summed E-state index contributed by atoms with van der Waals surface area (Å²) in [7, 11) is 2.19. The van der Waals surface area contributed by atoms with Crippen molar-refractivity contribution in [2.45, 2.75) is 51.6 Å². The van der Waals surface area contributed by atoms with E-state index in [1.807, 2.05) is 0 Å². The third-order valence-electron chi connectivity index (χ3n) is 3.36. The van der Waals surface area contributed by atoms with E-state index in [1.165, 1.54) is 25.7 Å². The molecule has 0 amide bonds. The van der Waals surface area contributed by atoms with Crippen LogP contribution < -0.4 is 10.6 Å². The summed E-state index contributed by atoms with van der Waals surface area (Å²) in [4.78, 5) is 2.41. The predicted molar refractivity (Wildman–Crippen MR) is 73.8 cm³/mol. The van der Waals surface area contributed by atoms with Crippen molar-refractivity contribution in [3.63, 3.8) is 0 Å². The number of hydrogen-bond donors (Lipinski definition) is 2. The monoisotopic (exact) mass is 243 g/mol. The summed E-state index contributed by atoms with van der Waals surface area (Å²) >= 11 is 5.28. The maximum Gasteiger partial charge on any atom is 0.166 e. The summed E-state index contributed by atoms with van der Waals surface area (Å²) in [6.45, 7) is 6.62. The maximum atomic E-state index is 5.28. The summed E-state index contributed by atoms with van der Waals surface area (Å²) in [6.07, 6.45) is 4.77. The fourth-order valence-corrected chi connectivity index (χ4v) is 2.30. The molecular weight excluding hydrogens is 218 g/mol. The molecule has 4 heteroatoms. The van der Waals surface area contributed by atoms with Gasteiger partial charge in [-0.05, 0) is 45.5 Å². The molecule has 3 nitrogen and oxygen atoms in total. The number of nitrogens with zero attached hydrogens (tertiary/aromatic N) is 1. The van der Waals surface area contributed by atoms with Crippen molar-refractivity contribution in [1.29, 1.82) is 0 Å². The number of likely N-dealkylation sites (tertiary alicyclic amines) is 1. The molecule has 94 valence electrons. The molecule has 2 atom stereocenters. The summed E-state index contributed by atoms with van der Waals surface area (Å²) < 4.78 is 0. The highest BCUT2D eigenvalue weighted by Gasteiger charge is 2.22. The van der Waals surface area contributed by atoms with Gasteiger partial charge in [0.1, 0.15) is 0 Å². The van der Waals surface area contributed by atoms with Gasteiger partial charge in [0.25, 0.3) is 0 Å². The number of hydrogen-bond acceptors (Lipinski definition) is 2. The molecule has 0 saturated carbocycles. The smallest absolute Gasteiger partial charge is 0.166 e.